The first-order valence-corrected chi connectivity index (χ1v) is 5.65. The Bertz CT molecular complexity index is 342. The highest BCUT2D eigenvalue weighted by Crippen LogP contribution is 2.14. The van der Waals surface area contributed by atoms with E-state index in [2.05, 4.69) is 31.2 Å². The van der Waals surface area contributed by atoms with Crippen LogP contribution >= 0.6 is 0 Å². The van der Waals surface area contributed by atoms with E-state index in [9.17, 15) is 4.79 Å². The fourth-order valence-corrected chi connectivity index (χ4v) is 1.97. The molecule has 0 bridgehead atoms. The number of aryl methyl sites for hydroxylation is 1. The molecule has 0 spiro atoms. The maximum absolute atomic E-state index is 11.4. The third-order valence-corrected chi connectivity index (χ3v) is 2.98. The van der Waals surface area contributed by atoms with Gasteiger partial charge in [0.05, 0.1) is 0 Å². The Labute approximate surface area is 90.9 Å². The van der Waals surface area contributed by atoms with Crippen LogP contribution in [0.4, 0.5) is 0 Å². The van der Waals surface area contributed by atoms with Gasteiger partial charge in [-0.25, -0.2) is 0 Å². The molecule has 1 saturated heterocycles. The van der Waals surface area contributed by atoms with Crippen LogP contribution in [-0.4, -0.2) is 17.4 Å². The Morgan fingerprint density at radius 3 is 2.40 bits per heavy atom. The quantitative estimate of drug-likeness (QED) is 0.738. The van der Waals surface area contributed by atoms with Crippen molar-refractivity contribution in [2.45, 2.75) is 32.7 Å². The van der Waals surface area contributed by atoms with E-state index in [1.165, 1.54) is 11.1 Å². The highest BCUT2D eigenvalue weighted by Gasteiger charge is 2.19. The molecule has 0 unspecified atom stereocenters. The molecule has 1 aliphatic heterocycles. The molecule has 2 nitrogen and oxygen atoms in total. The lowest BCUT2D eigenvalue weighted by molar-refractivity contribution is -0.128. The van der Waals surface area contributed by atoms with E-state index < -0.39 is 0 Å². The smallest absolute Gasteiger partial charge is 0.222 e. The molecule has 0 radical (unpaired) electrons. The second-order valence-corrected chi connectivity index (χ2v) is 4.09. The molecule has 2 heteroatoms. The summed E-state index contributed by atoms with van der Waals surface area (Å²) in [7, 11) is 0. The third kappa shape index (κ3) is 2.38. The molecule has 2 rings (SSSR count). The predicted molar refractivity (Wildman–Crippen MR) is 60.5 cm³/mol. The average Bonchev–Trinajstić information content (AvgIpc) is 2.66. The number of nitrogens with zero attached hydrogens (tertiary/aromatic N) is 1. The first-order chi connectivity index (χ1) is 7.29. The van der Waals surface area contributed by atoms with Gasteiger partial charge in [0.1, 0.15) is 0 Å². The molecule has 0 saturated carbocycles. The zero-order valence-corrected chi connectivity index (χ0v) is 9.20. The number of hydrogen-bond donors (Lipinski definition) is 0. The van der Waals surface area contributed by atoms with E-state index in [1.54, 1.807) is 0 Å². The summed E-state index contributed by atoms with van der Waals surface area (Å²) in [6, 6.07) is 8.56. The summed E-state index contributed by atoms with van der Waals surface area (Å²) >= 11 is 0. The Morgan fingerprint density at radius 2 is 1.87 bits per heavy atom. The van der Waals surface area contributed by atoms with Crippen LogP contribution in [0.2, 0.25) is 0 Å². The largest absolute Gasteiger partial charge is 0.338 e. The fraction of sp³-hybridized carbons (Fsp3) is 0.462. The lowest BCUT2D eigenvalue weighted by Crippen LogP contribution is -2.23. The second kappa shape index (κ2) is 4.47. The Balaban J connectivity index is 2.01. The van der Waals surface area contributed by atoms with Crippen LogP contribution in [0.5, 0.6) is 0 Å². The van der Waals surface area contributed by atoms with Crippen LogP contribution in [-0.2, 0) is 17.8 Å². The van der Waals surface area contributed by atoms with E-state index in [1.807, 2.05) is 4.90 Å². The Hall–Kier alpha value is -1.31. The minimum atomic E-state index is 0.301. The summed E-state index contributed by atoms with van der Waals surface area (Å²) in [5.41, 5.74) is 2.59. The highest BCUT2D eigenvalue weighted by atomic mass is 16.2. The highest BCUT2D eigenvalue weighted by molar-refractivity contribution is 5.78. The molecular formula is C13H17NO. The van der Waals surface area contributed by atoms with Gasteiger partial charge in [-0.2, -0.15) is 0 Å². The van der Waals surface area contributed by atoms with Crippen molar-refractivity contribution in [3.05, 3.63) is 35.4 Å². The van der Waals surface area contributed by atoms with Gasteiger partial charge in [0, 0.05) is 19.5 Å². The number of carbonyl (C=O) groups is 1. The van der Waals surface area contributed by atoms with Gasteiger partial charge < -0.3 is 4.90 Å². The van der Waals surface area contributed by atoms with Gasteiger partial charge in [-0.3, -0.25) is 4.79 Å². The summed E-state index contributed by atoms with van der Waals surface area (Å²) in [6.45, 7) is 3.86. The van der Waals surface area contributed by atoms with E-state index in [0.717, 1.165) is 32.4 Å². The fourth-order valence-electron chi connectivity index (χ4n) is 1.97. The van der Waals surface area contributed by atoms with Crippen LogP contribution in [0.1, 0.15) is 30.9 Å². The second-order valence-electron chi connectivity index (χ2n) is 4.09. The molecular weight excluding hydrogens is 186 g/mol. The molecule has 0 atom stereocenters. The molecule has 0 aromatic heterocycles. The van der Waals surface area contributed by atoms with Gasteiger partial charge in [0.2, 0.25) is 5.91 Å². The monoisotopic (exact) mass is 203 g/mol. The van der Waals surface area contributed by atoms with Crippen molar-refractivity contribution >= 4 is 5.91 Å². The molecule has 80 valence electrons. The van der Waals surface area contributed by atoms with Gasteiger partial charge in [-0.15, -0.1) is 0 Å². The first kappa shape index (κ1) is 10.2. The van der Waals surface area contributed by atoms with Crippen LogP contribution in [0, 0.1) is 0 Å². The third-order valence-electron chi connectivity index (χ3n) is 2.98. The van der Waals surface area contributed by atoms with Gasteiger partial charge >= 0.3 is 0 Å². The molecule has 1 aliphatic rings. The summed E-state index contributed by atoms with van der Waals surface area (Å²) in [4.78, 5) is 13.4. The number of amides is 1. The SMILES string of the molecule is CCc1ccc(CN2CCCC2=O)cc1. The van der Waals surface area contributed by atoms with Crippen LogP contribution < -0.4 is 0 Å². The number of hydrogen-bond acceptors (Lipinski definition) is 1. The molecule has 1 aromatic carbocycles. The van der Waals surface area contributed by atoms with Crippen molar-refractivity contribution in [2.75, 3.05) is 6.54 Å². The van der Waals surface area contributed by atoms with Crippen molar-refractivity contribution < 1.29 is 4.79 Å². The van der Waals surface area contributed by atoms with E-state index in [-0.39, 0.29) is 0 Å². The predicted octanol–water partition coefficient (Wildman–Crippen LogP) is 2.37. The number of likely N-dealkylation sites (tertiary alicyclic amines) is 1. The Kier molecular flexibility index (Phi) is 3.05. The zero-order chi connectivity index (χ0) is 10.7. The Morgan fingerprint density at radius 1 is 1.20 bits per heavy atom. The number of rotatable bonds is 3. The van der Waals surface area contributed by atoms with Crippen molar-refractivity contribution in [1.29, 1.82) is 0 Å². The maximum atomic E-state index is 11.4. The molecule has 0 N–H and O–H groups in total. The standard InChI is InChI=1S/C13H17NO/c1-2-11-5-7-12(8-6-11)10-14-9-3-4-13(14)15/h5-8H,2-4,9-10H2,1H3. The van der Waals surface area contributed by atoms with Gasteiger partial charge in [0.25, 0.3) is 0 Å². The number of benzene rings is 1. The van der Waals surface area contributed by atoms with Crippen molar-refractivity contribution in [1.82, 2.24) is 4.90 Å². The van der Waals surface area contributed by atoms with Gasteiger partial charge in [0.15, 0.2) is 0 Å². The summed E-state index contributed by atoms with van der Waals surface area (Å²) < 4.78 is 0. The lowest BCUT2D eigenvalue weighted by Gasteiger charge is -2.15. The summed E-state index contributed by atoms with van der Waals surface area (Å²) in [5, 5.41) is 0. The molecule has 1 fully saturated rings. The van der Waals surface area contributed by atoms with E-state index >= 15 is 0 Å². The molecule has 1 heterocycles. The van der Waals surface area contributed by atoms with E-state index in [4.69, 9.17) is 0 Å². The van der Waals surface area contributed by atoms with Crippen molar-refractivity contribution in [2.24, 2.45) is 0 Å². The number of carbonyl (C=O) groups excluding carboxylic acids is 1. The topological polar surface area (TPSA) is 20.3 Å². The lowest BCUT2D eigenvalue weighted by atomic mass is 10.1. The van der Waals surface area contributed by atoms with Crippen molar-refractivity contribution in [3.8, 4) is 0 Å². The average molecular weight is 203 g/mol. The van der Waals surface area contributed by atoms with Crippen LogP contribution in [0.3, 0.4) is 0 Å². The molecule has 0 aliphatic carbocycles. The maximum Gasteiger partial charge on any atom is 0.222 e. The van der Waals surface area contributed by atoms with E-state index in [0.29, 0.717) is 5.91 Å². The molecule has 1 amide bonds. The van der Waals surface area contributed by atoms with Gasteiger partial charge in [-0.1, -0.05) is 31.2 Å². The minimum Gasteiger partial charge on any atom is -0.338 e. The zero-order valence-electron chi connectivity index (χ0n) is 9.20. The first-order valence-electron chi connectivity index (χ1n) is 5.65. The van der Waals surface area contributed by atoms with Crippen molar-refractivity contribution in [3.63, 3.8) is 0 Å². The summed E-state index contributed by atoms with van der Waals surface area (Å²) in [6.07, 6.45) is 2.82. The van der Waals surface area contributed by atoms with Crippen LogP contribution in [0.25, 0.3) is 0 Å². The minimum absolute atomic E-state index is 0.301. The summed E-state index contributed by atoms with van der Waals surface area (Å²) in [5.74, 6) is 0.301. The van der Waals surface area contributed by atoms with Crippen LogP contribution in [0.15, 0.2) is 24.3 Å². The normalized spacial score (nSPS) is 16.1. The molecule has 15 heavy (non-hydrogen) atoms. The molecule has 1 aromatic rings. The van der Waals surface area contributed by atoms with Gasteiger partial charge in [-0.05, 0) is 24.0 Å².